The number of carbonyl (C=O) groups excluding carboxylic acids is 1. The summed E-state index contributed by atoms with van der Waals surface area (Å²) in [4.78, 5) is 24.9. The summed E-state index contributed by atoms with van der Waals surface area (Å²) < 4.78 is 2.08. The van der Waals surface area contributed by atoms with Gasteiger partial charge in [-0.15, -0.1) is 0 Å². The van der Waals surface area contributed by atoms with Crippen LogP contribution in [0.5, 0.6) is 0 Å². The summed E-state index contributed by atoms with van der Waals surface area (Å²) in [5.74, 6) is -0.342. The Hall–Kier alpha value is -2.36. The van der Waals surface area contributed by atoms with Crippen molar-refractivity contribution in [2.45, 2.75) is 53.0 Å². The molecule has 0 atom stereocenters. The molecule has 4 nitrogen and oxygen atoms in total. The Bertz CT molecular complexity index is 748. The molecule has 0 aliphatic heterocycles. The van der Waals surface area contributed by atoms with Crippen molar-refractivity contribution in [1.29, 1.82) is 0 Å². The number of unbranched alkanes of at least 4 members (excludes halogenated alkanes) is 3. The highest BCUT2D eigenvalue weighted by Crippen LogP contribution is 2.13. The molecule has 0 saturated carbocycles. The SMILES string of the molecule is CCCCCCn1c(C)cc(=O)c(C(=O)Nc2ccccc2)c1C. The van der Waals surface area contributed by atoms with Crippen LogP contribution in [0.15, 0.2) is 41.2 Å². The second kappa shape index (κ2) is 8.48. The standard InChI is InChI=1S/C20H26N2O2/c1-4-5-6-10-13-22-15(2)14-18(23)19(16(22)3)20(24)21-17-11-8-7-9-12-17/h7-9,11-12,14H,4-6,10,13H2,1-3H3,(H,21,24). The Morgan fingerprint density at radius 2 is 1.79 bits per heavy atom. The molecule has 0 aliphatic carbocycles. The van der Waals surface area contributed by atoms with E-state index in [9.17, 15) is 9.59 Å². The van der Waals surface area contributed by atoms with Crippen molar-refractivity contribution in [3.05, 3.63) is 63.6 Å². The topological polar surface area (TPSA) is 51.1 Å². The van der Waals surface area contributed by atoms with Crippen LogP contribution in [0.4, 0.5) is 5.69 Å². The molecular weight excluding hydrogens is 300 g/mol. The van der Waals surface area contributed by atoms with E-state index in [1.807, 2.05) is 44.2 Å². The molecule has 4 heteroatoms. The van der Waals surface area contributed by atoms with Crippen LogP contribution in [0.25, 0.3) is 0 Å². The quantitative estimate of drug-likeness (QED) is 0.771. The van der Waals surface area contributed by atoms with Crippen molar-refractivity contribution in [1.82, 2.24) is 4.57 Å². The maximum absolute atomic E-state index is 12.6. The molecule has 1 amide bonds. The second-order valence-corrected chi connectivity index (χ2v) is 6.14. The molecule has 0 saturated heterocycles. The molecule has 24 heavy (non-hydrogen) atoms. The van der Waals surface area contributed by atoms with Crippen molar-refractivity contribution >= 4 is 11.6 Å². The molecule has 2 rings (SSSR count). The van der Waals surface area contributed by atoms with Crippen molar-refractivity contribution in [2.75, 3.05) is 5.32 Å². The van der Waals surface area contributed by atoms with Crippen molar-refractivity contribution < 1.29 is 4.79 Å². The van der Waals surface area contributed by atoms with Crippen LogP contribution in [-0.4, -0.2) is 10.5 Å². The molecule has 0 radical (unpaired) electrons. The van der Waals surface area contributed by atoms with Crippen LogP contribution in [0.3, 0.4) is 0 Å². The van der Waals surface area contributed by atoms with Gasteiger partial charge in [0.2, 0.25) is 0 Å². The maximum atomic E-state index is 12.6. The van der Waals surface area contributed by atoms with Gasteiger partial charge in [-0.2, -0.15) is 0 Å². The van der Waals surface area contributed by atoms with Gasteiger partial charge in [-0.25, -0.2) is 0 Å². The fourth-order valence-electron chi connectivity index (χ4n) is 2.95. The monoisotopic (exact) mass is 326 g/mol. The van der Waals surface area contributed by atoms with Crippen LogP contribution in [0.2, 0.25) is 0 Å². The summed E-state index contributed by atoms with van der Waals surface area (Å²) in [6.07, 6.45) is 4.61. The molecule has 0 spiro atoms. The number of anilines is 1. The third-order valence-corrected chi connectivity index (χ3v) is 4.27. The second-order valence-electron chi connectivity index (χ2n) is 6.14. The summed E-state index contributed by atoms with van der Waals surface area (Å²) >= 11 is 0. The van der Waals surface area contributed by atoms with E-state index in [4.69, 9.17) is 0 Å². The largest absolute Gasteiger partial charge is 0.348 e. The first-order valence-corrected chi connectivity index (χ1v) is 8.62. The Morgan fingerprint density at radius 3 is 2.46 bits per heavy atom. The summed E-state index contributed by atoms with van der Waals surface area (Å²) in [6.45, 7) is 6.80. The van der Waals surface area contributed by atoms with E-state index in [2.05, 4.69) is 16.8 Å². The Kier molecular flexibility index (Phi) is 6.36. The van der Waals surface area contributed by atoms with Crippen LogP contribution in [0, 0.1) is 13.8 Å². The van der Waals surface area contributed by atoms with Gasteiger partial charge >= 0.3 is 0 Å². The lowest BCUT2D eigenvalue weighted by atomic mass is 10.1. The van der Waals surface area contributed by atoms with Crippen LogP contribution in [0.1, 0.15) is 54.4 Å². The van der Waals surface area contributed by atoms with Crippen molar-refractivity contribution in [2.24, 2.45) is 0 Å². The van der Waals surface area contributed by atoms with Crippen molar-refractivity contribution in [3.63, 3.8) is 0 Å². The average Bonchev–Trinajstić information content (AvgIpc) is 2.54. The third-order valence-electron chi connectivity index (χ3n) is 4.27. The number of aryl methyl sites for hydroxylation is 1. The van der Waals surface area contributed by atoms with E-state index in [1.54, 1.807) is 6.07 Å². The number of hydrogen-bond donors (Lipinski definition) is 1. The number of nitrogens with zero attached hydrogens (tertiary/aromatic N) is 1. The van der Waals surface area contributed by atoms with Crippen molar-refractivity contribution in [3.8, 4) is 0 Å². The highest BCUT2D eigenvalue weighted by atomic mass is 16.2. The molecular formula is C20H26N2O2. The predicted molar refractivity (Wildman–Crippen MR) is 98.7 cm³/mol. The molecule has 1 aromatic heterocycles. The number of hydrogen-bond acceptors (Lipinski definition) is 2. The normalized spacial score (nSPS) is 10.6. The molecule has 0 fully saturated rings. The zero-order chi connectivity index (χ0) is 17.5. The summed E-state index contributed by atoms with van der Waals surface area (Å²) in [5.41, 5.74) is 2.36. The van der Waals surface area contributed by atoms with Gasteiger partial charge in [-0.1, -0.05) is 44.4 Å². The minimum absolute atomic E-state index is 0.219. The number of aromatic nitrogens is 1. The highest BCUT2D eigenvalue weighted by molar-refractivity contribution is 6.04. The van der Waals surface area contributed by atoms with Gasteiger partial charge < -0.3 is 9.88 Å². The first-order valence-electron chi connectivity index (χ1n) is 8.62. The smallest absolute Gasteiger partial charge is 0.261 e. The zero-order valence-electron chi connectivity index (χ0n) is 14.8. The van der Waals surface area contributed by atoms with Gasteiger partial charge in [-0.05, 0) is 32.4 Å². The minimum Gasteiger partial charge on any atom is -0.348 e. The number of rotatable bonds is 7. The lowest BCUT2D eigenvalue weighted by Gasteiger charge is -2.17. The van der Waals surface area contributed by atoms with Gasteiger partial charge in [0.1, 0.15) is 5.56 Å². The van der Waals surface area contributed by atoms with Gasteiger partial charge in [0.15, 0.2) is 5.43 Å². The number of pyridine rings is 1. The predicted octanol–water partition coefficient (Wildman–Crippen LogP) is 4.30. The zero-order valence-corrected chi connectivity index (χ0v) is 14.8. The molecule has 0 bridgehead atoms. The number of carbonyl (C=O) groups is 1. The average molecular weight is 326 g/mol. The molecule has 1 N–H and O–H groups in total. The lowest BCUT2D eigenvalue weighted by molar-refractivity contribution is 0.102. The first-order chi connectivity index (χ1) is 11.5. The molecule has 1 heterocycles. The molecule has 0 unspecified atom stereocenters. The fraction of sp³-hybridized carbons (Fsp3) is 0.400. The van der Waals surface area contributed by atoms with Gasteiger partial charge in [0.05, 0.1) is 0 Å². The first kappa shape index (κ1) is 18.0. The maximum Gasteiger partial charge on any atom is 0.261 e. The molecule has 128 valence electrons. The Balaban J connectivity index is 2.25. The van der Waals surface area contributed by atoms with E-state index in [0.717, 1.165) is 30.8 Å². The van der Waals surface area contributed by atoms with Crippen LogP contribution < -0.4 is 10.7 Å². The van der Waals surface area contributed by atoms with Gasteiger partial charge in [0, 0.05) is 29.7 Å². The Labute approximate surface area is 143 Å². The van der Waals surface area contributed by atoms with Crippen LogP contribution in [-0.2, 0) is 6.54 Å². The minimum atomic E-state index is -0.342. The molecule has 1 aromatic carbocycles. The van der Waals surface area contributed by atoms with E-state index in [-0.39, 0.29) is 16.9 Å². The summed E-state index contributed by atoms with van der Waals surface area (Å²) in [5, 5.41) is 2.81. The number of amides is 1. The van der Waals surface area contributed by atoms with Gasteiger partial charge in [0.25, 0.3) is 5.91 Å². The fourth-order valence-corrected chi connectivity index (χ4v) is 2.95. The summed E-state index contributed by atoms with van der Waals surface area (Å²) in [6, 6.07) is 10.8. The number of benzene rings is 1. The lowest BCUT2D eigenvalue weighted by Crippen LogP contribution is -2.27. The van der Waals surface area contributed by atoms with E-state index < -0.39 is 0 Å². The Morgan fingerprint density at radius 1 is 1.08 bits per heavy atom. The molecule has 2 aromatic rings. The summed E-state index contributed by atoms with van der Waals surface area (Å²) in [7, 11) is 0. The highest BCUT2D eigenvalue weighted by Gasteiger charge is 2.17. The van der Waals surface area contributed by atoms with E-state index in [1.165, 1.54) is 12.8 Å². The molecule has 0 aliphatic rings. The van der Waals surface area contributed by atoms with E-state index in [0.29, 0.717) is 5.69 Å². The van der Waals surface area contributed by atoms with Crippen LogP contribution >= 0.6 is 0 Å². The van der Waals surface area contributed by atoms with Gasteiger partial charge in [-0.3, -0.25) is 9.59 Å². The van der Waals surface area contributed by atoms with E-state index >= 15 is 0 Å². The number of nitrogens with one attached hydrogen (secondary N) is 1. The third kappa shape index (κ3) is 4.34. The number of para-hydroxylation sites is 1.